The lowest BCUT2D eigenvalue weighted by atomic mass is 9.89. The van der Waals surface area contributed by atoms with Gasteiger partial charge in [-0.05, 0) is 32.0 Å². The average Bonchev–Trinajstić information content (AvgIpc) is 2.48. The van der Waals surface area contributed by atoms with Crippen molar-refractivity contribution in [2.45, 2.75) is 32.0 Å². The molecule has 0 radical (unpaired) electrons. The molecule has 0 aliphatic carbocycles. The maximum Gasteiger partial charge on any atom is 0.325 e. The third kappa shape index (κ3) is 1.87. The van der Waals surface area contributed by atoms with Crippen LogP contribution in [0.3, 0.4) is 0 Å². The summed E-state index contributed by atoms with van der Waals surface area (Å²) in [5.74, 6) is 0.852. The minimum atomic E-state index is -0.670. The molecular formula is C18H18N2O2. The zero-order valence-electron chi connectivity index (χ0n) is 12.7. The van der Waals surface area contributed by atoms with Crippen molar-refractivity contribution >= 4 is 11.7 Å². The first-order chi connectivity index (χ1) is 10.6. The van der Waals surface area contributed by atoms with E-state index in [0.29, 0.717) is 0 Å². The summed E-state index contributed by atoms with van der Waals surface area (Å²) in [7, 11) is 0. The number of amides is 2. The highest BCUT2D eigenvalue weighted by molar-refractivity contribution is 5.94. The quantitative estimate of drug-likeness (QED) is 0.870. The minimum absolute atomic E-state index is 0.00103. The number of aryl methyl sites for hydroxylation is 1. The van der Waals surface area contributed by atoms with Crippen LogP contribution in [0.4, 0.5) is 10.5 Å². The number of rotatable bonds is 1. The van der Waals surface area contributed by atoms with E-state index in [1.54, 1.807) is 4.90 Å². The van der Waals surface area contributed by atoms with Crippen molar-refractivity contribution in [3.63, 3.8) is 0 Å². The van der Waals surface area contributed by atoms with Gasteiger partial charge in [0.2, 0.25) is 0 Å². The van der Waals surface area contributed by atoms with Crippen LogP contribution in [0.2, 0.25) is 0 Å². The summed E-state index contributed by atoms with van der Waals surface area (Å²) >= 11 is 0. The Morgan fingerprint density at radius 2 is 2.00 bits per heavy atom. The number of nitrogens with one attached hydrogen (secondary N) is 1. The van der Waals surface area contributed by atoms with Crippen molar-refractivity contribution in [1.82, 2.24) is 5.32 Å². The van der Waals surface area contributed by atoms with Crippen LogP contribution in [-0.4, -0.2) is 11.8 Å². The van der Waals surface area contributed by atoms with E-state index in [-0.39, 0.29) is 12.1 Å². The first-order valence-electron chi connectivity index (χ1n) is 7.52. The van der Waals surface area contributed by atoms with Gasteiger partial charge in [0, 0.05) is 17.7 Å². The molecule has 2 atom stereocenters. The predicted octanol–water partition coefficient (Wildman–Crippen LogP) is 3.76. The van der Waals surface area contributed by atoms with E-state index in [2.05, 4.69) is 18.3 Å². The zero-order valence-corrected chi connectivity index (χ0v) is 12.7. The number of nitrogens with zero attached hydrogens (tertiary/aromatic N) is 1. The Morgan fingerprint density at radius 3 is 2.77 bits per heavy atom. The normalized spacial score (nSPS) is 26.0. The van der Waals surface area contributed by atoms with Gasteiger partial charge in [0.1, 0.15) is 5.75 Å². The molecule has 1 saturated heterocycles. The lowest BCUT2D eigenvalue weighted by Gasteiger charge is -2.50. The second kappa shape index (κ2) is 4.50. The van der Waals surface area contributed by atoms with Crippen molar-refractivity contribution in [1.29, 1.82) is 0 Å². The third-order valence-electron chi connectivity index (χ3n) is 4.44. The van der Waals surface area contributed by atoms with Gasteiger partial charge in [-0.25, -0.2) is 4.79 Å². The first-order valence-corrected chi connectivity index (χ1v) is 7.52. The van der Waals surface area contributed by atoms with Gasteiger partial charge in [0.15, 0.2) is 5.72 Å². The van der Waals surface area contributed by atoms with E-state index >= 15 is 0 Å². The van der Waals surface area contributed by atoms with Crippen molar-refractivity contribution in [3.05, 3.63) is 59.7 Å². The van der Waals surface area contributed by atoms with E-state index in [1.165, 1.54) is 5.56 Å². The summed E-state index contributed by atoms with van der Waals surface area (Å²) in [5.41, 5.74) is 2.41. The SMILES string of the molecule is Cc1ccc2c(c1)C1CC(C)(O2)N(c2ccccc2)C(=O)N1. The molecule has 0 aromatic heterocycles. The maximum atomic E-state index is 12.6. The highest BCUT2D eigenvalue weighted by atomic mass is 16.5. The van der Waals surface area contributed by atoms with E-state index in [4.69, 9.17) is 4.74 Å². The van der Waals surface area contributed by atoms with Crippen LogP contribution >= 0.6 is 0 Å². The van der Waals surface area contributed by atoms with Crippen molar-refractivity contribution in [3.8, 4) is 5.75 Å². The Bertz CT molecular complexity index is 744. The summed E-state index contributed by atoms with van der Waals surface area (Å²) in [6, 6.07) is 15.7. The largest absolute Gasteiger partial charge is 0.467 e. The van der Waals surface area contributed by atoms with Gasteiger partial charge in [-0.2, -0.15) is 0 Å². The molecule has 2 aliphatic rings. The monoisotopic (exact) mass is 294 g/mol. The molecule has 22 heavy (non-hydrogen) atoms. The lowest BCUT2D eigenvalue weighted by molar-refractivity contribution is 0.0378. The topological polar surface area (TPSA) is 41.6 Å². The number of fused-ring (bicyclic) bond motifs is 4. The molecule has 1 N–H and O–H groups in total. The smallest absolute Gasteiger partial charge is 0.325 e. The molecule has 2 aliphatic heterocycles. The van der Waals surface area contributed by atoms with E-state index in [9.17, 15) is 4.79 Å². The Labute approximate surface area is 129 Å². The molecule has 1 fully saturated rings. The second-order valence-electron chi connectivity index (χ2n) is 6.20. The Kier molecular flexibility index (Phi) is 2.70. The number of urea groups is 1. The van der Waals surface area contributed by atoms with Gasteiger partial charge in [-0.1, -0.05) is 35.9 Å². The summed E-state index contributed by atoms with van der Waals surface area (Å²) in [6.07, 6.45) is 0.726. The average molecular weight is 294 g/mol. The van der Waals surface area contributed by atoms with Gasteiger partial charge in [-0.3, -0.25) is 4.90 Å². The molecule has 2 unspecified atom stereocenters. The van der Waals surface area contributed by atoms with Crippen LogP contribution < -0.4 is 15.0 Å². The maximum absolute atomic E-state index is 12.6. The Morgan fingerprint density at radius 1 is 1.23 bits per heavy atom. The highest BCUT2D eigenvalue weighted by Crippen LogP contribution is 2.45. The van der Waals surface area contributed by atoms with Gasteiger partial charge < -0.3 is 10.1 Å². The minimum Gasteiger partial charge on any atom is -0.467 e. The van der Waals surface area contributed by atoms with E-state index < -0.39 is 5.72 Å². The Balaban J connectivity index is 1.81. The molecule has 2 aromatic rings. The zero-order chi connectivity index (χ0) is 15.3. The van der Waals surface area contributed by atoms with E-state index in [0.717, 1.165) is 23.4 Å². The van der Waals surface area contributed by atoms with Gasteiger partial charge in [0.05, 0.1) is 6.04 Å². The molecular weight excluding hydrogens is 276 g/mol. The molecule has 4 nitrogen and oxygen atoms in total. The first kappa shape index (κ1) is 13.2. The number of carbonyl (C=O) groups is 1. The fourth-order valence-electron chi connectivity index (χ4n) is 3.46. The van der Waals surface area contributed by atoms with Crippen LogP contribution in [0.15, 0.2) is 48.5 Å². The van der Waals surface area contributed by atoms with Gasteiger partial charge in [0.25, 0.3) is 0 Å². The molecule has 2 heterocycles. The molecule has 2 bridgehead atoms. The van der Waals surface area contributed by atoms with Gasteiger partial charge >= 0.3 is 6.03 Å². The van der Waals surface area contributed by atoms with Gasteiger partial charge in [-0.15, -0.1) is 0 Å². The number of para-hydroxylation sites is 1. The fraction of sp³-hybridized carbons (Fsp3) is 0.278. The lowest BCUT2D eigenvalue weighted by Crippen LogP contribution is -2.65. The third-order valence-corrected chi connectivity index (χ3v) is 4.44. The van der Waals surface area contributed by atoms with Crippen LogP contribution in [0.5, 0.6) is 5.75 Å². The summed E-state index contributed by atoms with van der Waals surface area (Å²) < 4.78 is 6.25. The van der Waals surface area contributed by atoms with Crippen LogP contribution in [-0.2, 0) is 0 Å². The van der Waals surface area contributed by atoms with Crippen LogP contribution in [0, 0.1) is 6.92 Å². The molecule has 4 rings (SSSR count). The summed E-state index contributed by atoms with van der Waals surface area (Å²) in [5, 5.41) is 3.11. The van der Waals surface area contributed by atoms with Crippen molar-refractivity contribution in [2.24, 2.45) is 0 Å². The van der Waals surface area contributed by atoms with Crippen LogP contribution in [0.1, 0.15) is 30.5 Å². The highest BCUT2D eigenvalue weighted by Gasteiger charge is 2.49. The number of carbonyl (C=O) groups excluding carboxylic acids is 1. The van der Waals surface area contributed by atoms with Crippen molar-refractivity contribution < 1.29 is 9.53 Å². The molecule has 0 saturated carbocycles. The second-order valence-corrected chi connectivity index (χ2v) is 6.20. The number of hydrogen-bond acceptors (Lipinski definition) is 2. The standard InChI is InChI=1S/C18H18N2O2/c1-12-8-9-16-14(10-12)15-11-18(2,22-16)20(17(21)19-15)13-6-4-3-5-7-13/h3-10,15H,11H2,1-2H3,(H,19,21). The fourth-order valence-corrected chi connectivity index (χ4v) is 3.46. The molecule has 4 heteroatoms. The molecule has 2 amide bonds. The van der Waals surface area contributed by atoms with Crippen molar-refractivity contribution in [2.75, 3.05) is 4.90 Å². The summed E-state index contributed by atoms with van der Waals surface area (Å²) in [4.78, 5) is 14.4. The predicted molar refractivity (Wildman–Crippen MR) is 85.0 cm³/mol. The summed E-state index contributed by atoms with van der Waals surface area (Å²) in [6.45, 7) is 4.03. The van der Waals surface area contributed by atoms with E-state index in [1.807, 2.05) is 49.4 Å². The number of anilines is 1. The molecule has 2 aromatic carbocycles. The Hall–Kier alpha value is -2.49. The number of ether oxygens (including phenoxy) is 1. The number of hydrogen-bond donors (Lipinski definition) is 1. The molecule has 0 spiro atoms. The molecule has 112 valence electrons. The van der Waals surface area contributed by atoms with Crippen LogP contribution in [0.25, 0.3) is 0 Å². The number of benzene rings is 2.